The summed E-state index contributed by atoms with van der Waals surface area (Å²) in [5.74, 6) is -0.267. The number of rotatable bonds is 4. The number of phenols is 1. The van der Waals surface area contributed by atoms with E-state index in [1.54, 1.807) is 18.2 Å². The van der Waals surface area contributed by atoms with E-state index in [1.807, 2.05) is 13.8 Å². The van der Waals surface area contributed by atoms with Crippen molar-refractivity contribution >= 4 is 5.97 Å². The predicted molar refractivity (Wildman–Crippen MR) is 58.2 cm³/mol. The maximum atomic E-state index is 10.5. The lowest BCUT2D eigenvalue weighted by molar-refractivity contribution is -0.136. The van der Waals surface area contributed by atoms with E-state index in [9.17, 15) is 9.90 Å². The summed E-state index contributed by atoms with van der Waals surface area (Å²) in [6.07, 6.45) is 0.646. The molecule has 0 aliphatic carbocycles. The molecule has 15 heavy (non-hydrogen) atoms. The van der Waals surface area contributed by atoms with Crippen molar-refractivity contribution < 1.29 is 15.0 Å². The van der Waals surface area contributed by atoms with Crippen LogP contribution < -0.4 is 0 Å². The van der Waals surface area contributed by atoms with Gasteiger partial charge in [0.25, 0.3) is 0 Å². The van der Waals surface area contributed by atoms with Crippen molar-refractivity contribution in [2.45, 2.75) is 32.6 Å². The minimum absolute atomic E-state index is 0.129. The van der Waals surface area contributed by atoms with Gasteiger partial charge in [0.15, 0.2) is 0 Å². The molecule has 0 saturated heterocycles. The first kappa shape index (κ1) is 11.6. The molecule has 3 nitrogen and oxygen atoms in total. The topological polar surface area (TPSA) is 57.5 Å². The van der Waals surface area contributed by atoms with E-state index in [4.69, 9.17) is 5.11 Å². The Labute approximate surface area is 89.4 Å². The third kappa shape index (κ3) is 3.27. The van der Waals surface area contributed by atoms with Gasteiger partial charge in [-0.3, -0.25) is 4.79 Å². The average Bonchev–Trinajstić information content (AvgIpc) is 2.15. The standard InChI is InChI=1S/C12H16O3/c1-8(2)11-7-10(13)5-3-9(11)4-6-12(14)15/h3,5,7-8,13H,4,6H2,1-2H3,(H,14,15). The normalized spacial score (nSPS) is 10.6. The first-order valence-corrected chi connectivity index (χ1v) is 5.04. The molecular weight excluding hydrogens is 192 g/mol. The van der Waals surface area contributed by atoms with Crippen LogP contribution in [0.15, 0.2) is 18.2 Å². The van der Waals surface area contributed by atoms with Crippen molar-refractivity contribution in [1.82, 2.24) is 0 Å². The third-order valence-corrected chi connectivity index (χ3v) is 2.36. The molecule has 0 bridgehead atoms. The quantitative estimate of drug-likeness (QED) is 0.799. The lowest BCUT2D eigenvalue weighted by atomic mass is 9.94. The summed E-state index contributed by atoms with van der Waals surface area (Å²) in [5.41, 5.74) is 2.03. The summed E-state index contributed by atoms with van der Waals surface area (Å²) in [6, 6.07) is 5.11. The molecular formula is C12H16O3. The minimum Gasteiger partial charge on any atom is -0.508 e. The van der Waals surface area contributed by atoms with Crippen LogP contribution in [0.25, 0.3) is 0 Å². The van der Waals surface area contributed by atoms with Gasteiger partial charge in [-0.05, 0) is 35.6 Å². The highest BCUT2D eigenvalue weighted by Gasteiger charge is 2.08. The molecule has 1 aromatic rings. The highest BCUT2D eigenvalue weighted by molar-refractivity contribution is 5.67. The zero-order valence-corrected chi connectivity index (χ0v) is 9.03. The molecule has 0 atom stereocenters. The van der Waals surface area contributed by atoms with Gasteiger partial charge in [0.05, 0.1) is 0 Å². The Morgan fingerprint density at radius 3 is 2.60 bits per heavy atom. The highest BCUT2D eigenvalue weighted by Crippen LogP contribution is 2.24. The van der Waals surface area contributed by atoms with E-state index in [0.29, 0.717) is 12.3 Å². The van der Waals surface area contributed by atoms with Gasteiger partial charge in [0.2, 0.25) is 0 Å². The van der Waals surface area contributed by atoms with Crippen LogP contribution in [-0.4, -0.2) is 16.2 Å². The van der Waals surface area contributed by atoms with E-state index >= 15 is 0 Å². The zero-order valence-electron chi connectivity index (χ0n) is 9.03. The van der Waals surface area contributed by atoms with Gasteiger partial charge in [-0.15, -0.1) is 0 Å². The van der Waals surface area contributed by atoms with Gasteiger partial charge in [0.1, 0.15) is 5.75 Å². The molecule has 1 rings (SSSR count). The SMILES string of the molecule is CC(C)c1cc(O)ccc1CCC(=O)O. The van der Waals surface area contributed by atoms with Gasteiger partial charge < -0.3 is 10.2 Å². The number of carboxylic acid groups (broad SMARTS) is 1. The Morgan fingerprint density at radius 2 is 2.07 bits per heavy atom. The molecule has 0 amide bonds. The first-order chi connectivity index (χ1) is 7.00. The van der Waals surface area contributed by atoms with E-state index in [2.05, 4.69) is 0 Å². The Kier molecular flexibility index (Phi) is 3.72. The van der Waals surface area contributed by atoms with Crippen molar-refractivity contribution in [3.05, 3.63) is 29.3 Å². The summed E-state index contributed by atoms with van der Waals surface area (Å²) in [6.45, 7) is 4.05. The Balaban J connectivity index is 2.90. The molecule has 82 valence electrons. The second kappa shape index (κ2) is 4.82. The van der Waals surface area contributed by atoms with Crippen molar-refractivity contribution in [3.8, 4) is 5.75 Å². The van der Waals surface area contributed by atoms with E-state index in [1.165, 1.54) is 0 Å². The molecule has 2 N–H and O–H groups in total. The lowest BCUT2D eigenvalue weighted by Gasteiger charge is -2.12. The molecule has 0 radical (unpaired) electrons. The van der Waals surface area contributed by atoms with Crippen molar-refractivity contribution in [2.24, 2.45) is 0 Å². The summed E-state index contributed by atoms with van der Waals surface area (Å²) in [5, 5.41) is 18.0. The second-order valence-corrected chi connectivity index (χ2v) is 3.93. The van der Waals surface area contributed by atoms with Crippen LogP contribution in [0.1, 0.15) is 37.3 Å². The number of carboxylic acids is 1. The van der Waals surface area contributed by atoms with Gasteiger partial charge in [-0.2, -0.15) is 0 Å². The number of carbonyl (C=O) groups is 1. The van der Waals surface area contributed by atoms with Crippen LogP contribution in [0.2, 0.25) is 0 Å². The zero-order chi connectivity index (χ0) is 11.4. The first-order valence-electron chi connectivity index (χ1n) is 5.04. The van der Waals surface area contributed by atoms with Crippen LogP contribution in [0, 0.1) is 0 Å². The molecule has 0 aliphatic heterocycles. The summed E-state index contributed by atoms with van der Waals surface area (Å²) in [4.78, 5) is 10.5. The van der Waals surface area contributed by atoms with Crippen molar-refractivity contribution in [2.75, 3.05) is 0 Å². The molecule has 0 aliphatic rings. The van der Waals surface area contributed by atoms with Crippen molar-refractivity contribution in [3.63, 3.8) is 0 Å². The maximum Gasteiger partial charge on any atom is 0.303 e. The number of hydrogen-bond acceptors (Lipinski definition) is 2. The molecule has 0 heterocycles. The molecule has 0 spiro atoms. The van der Waals surface area contributed by atoms with Gasteiger partial charge in [-0.1, -0.05) is 19.9 Å². The van der Waals surface area contributed by atoms with Gasteiger partial charge >= 0.3 is 5.97 Å². The van der Waals surface area contributed by atoms with Crippen LogP contribution >= 0.6 is 0 Å². The number of aryl methyl sites for hydroxylation is 1. The number of aromatic hydroxyl groups is 1. The monoisotopic (exact) mass is 208 g/mol. The summed E-state index contributed by atoms with van der Waals surface area (Å²) < 4.78 is 0. The summed E-state index contributed by atoms with van der Waals surface area (Å²) in [7, 11) is 0. The minimum atomic E-state index is -0.794. The van der Waals surface area contributed by atoms with E-state index in [-0.39, 0.29) is 12.2 Å². The summed E-state index contributed by atoms with van der Waals surface area (Å²) >= 11 is 0. The maximum absolute atomic E-state index is 10.5. The Morgan fingerprint density at radius 1 is 1.40 bits per heavy atom. The van der Waals surface area contributed by atoms with Crippen molar-refractivity contribution in [1.29, 1.82) is 0 Å². The third-order valence-electron chi connectivity index (χ3n) is 2.36. The van der Waals surface area contributed by atoms with E-state index < -0.39 is 5.97 Å². The fourth-order valence-electron chi connectivity index (χ4n) is 1.59. The molecule has 0 fully saturated rings. The molecule has 0 unspecified atom stereocenters. The average molecular weight is 208 g/mol. The lowest BCUT2D eigenvalue weighted by Crippen LogP contribution is -2.01. The second-order valence-electron chi connectivity index (χ2n) is 3.93. The molecule has 3 heteroatoms. The smallest absolute Gasteiger partial charge is 0.303 e. The molecule has 0 saturated carbocycles. The van der Waals surface area contributed by atoms with Crippen LogP contribution in [0.4, 0.5) is 0 Å². The largest absolute Gasteiger partial charge is 0.508 e. The van der Waals surface area contributed by atoms with Crippen LogP contribution in [0.3, 0.4) is 0 Å². The number of hydrogen-bond donors (Lipinski definition) is 2. The fourth-order valence-corrected chi connectivity index (χ4v) is 1.59. The van der Waals surface area contributed by atoms with Crippen LogP contribution in [-0.2, 0) is 11.2 Å². The molecule has 1 aromatic carbocycles. The van der Waals surface area contributed by atoms with E-state index in [0.717, 1.165) is 11.1 Å². The van der Waals surface area contributed by atoms with Gasteiger partial charge in [-0.25, -0.2) is 0 Å². The number of phenolic OH excluding ortho intramolecular Hbond substituents is 1. The van der Waals surface area contributed by atoms with Crippen LogP contribution in [0.5, 0.6) is 5.75 Å². The van der Waals surface area contributed by atoms with Gasteiger partial charge in [0, 0.05) is 6.42 Å². The molecule has 0 aromatic heterocycles. The fraction of sp³-hybridized carbons (Fsp3) is 0.417. The Hall–Kier alpha value is -1.51. The predicted octanol–water partition coefficient (Wildman–Crippen LogP) is 2.53. The highest BCUT2D eigenvalue weighted by atomic mass is 16.4. The number of aliphatic carboxylic acids is 1. The number of benzene rings is 1. The Bertz CT molecular complexity index is 356.